The molecular formula is C16H20N2O3. The molecule has 0 radical (unpaired) electrons. The summed E-state index contributed by atoms with van der Waals surface area (Å²) in [6.45, 7) is 6.98. The molecule has 112 valence electrons. The van der Waals surface area contributed by atoms with Crippen LogP contribution in [0.4, 0.5) is 10.5 Å². The zero-order chi connectivity index (χ0) is 16.0. The van der Waals surface area contributed by atoms with Gasteiger partial charge in [-0.25, -0.2) is 4.79 Å². The molecule has 5 heteroatoms. The lowest BCUT2D eigenvalue weighted by Crippen LogP contribution is -2.32. The Morgan fingerprint density at radius 1 is 1.33 bits per heavy atom. The van der Waals surface area contributed by atoms with Crippen molar-refractivity contribution in [3.63, 3.8) is 0 Å². The summed E-state index contributed by atoms with van der Waals surface area (Å²) in [5.74, 6) is 5.54. The zero-order valence-electron chi connectivity index (χ0n) is 12.7. The van der Waals surface area contributed by atoms with Gasteiger partial charge in [0.05, 0.1) is 6.54 Å². The Kier molecular flexibility index (Phi) is 5.37. The van der Waals surface area contributed by atoms with Gasteiger partial charge < -0.3 is 15.8 Å². The molecule has 0 saturated heterocycles. The Morgan fingerprint density at radius 3 is 2.57 bits per heavy atom. The molecule has 1 aromatic rings. The monoisotopic (exact) mass is 288 g/mol. The number of nitrogens with two attached hydrogens (primary N) is 1. The SMILES string of the molecule is CC(=O)c1cc(C#CCNC(=O)OC(C)(C)C)ccc1N. The third-order valence-electron chi connectivity index (χ3n) is 2.39. The number of alkyl carbamates (subject to hydrolysis) is 1. The Labute approximate surface area is 124 Å². The fourth-order valence-corrected chi connectivity index (χ4v) is 1.52. The number of ketones is 1. The standard InChI is InChI=1S/C16H20N2O3/c1-11(19)13-10-12(7-8-14(13)17)6-5-9-18-15(20)21-16(2,3)4/h7-8,10H,9,17H2,1-4H3,(H,18,20). The van der Waals surface area contributed by atoms with Gasteiger partial charge in [0.1, 0.15) is 5.60 Å². The van der Waals surface area contributed by atoms with E-state index in [0.29, 0.717) is 16.8 Å². The zero-order valence-corrected chi connectivity index (χ0v) is 12.7. The Hall–Kier alpha value is -2.48. The van der Waals surface area contributed by atoms with Gasteiger partial charge in [0, 0.05) is 16.8 Å². The van der Waals surface area contributed by atoms with E-state index in [4.69, 9.17) is 10.5 Å². The highest BCUT2D eigenvalue weighted by Crippen LogP contribution is 2.14. The van der Waals surface area contributed by atoms with E-state index in [1.165, 1.54) is 6.92 Å². The first-order valence-corrected chi connectivity index (χ1v) is 6.55. The van der Waals surface area contributed by atoms with Crippen molar-refractivity contribution in [1.29, 1.82) is 0 Å². The number of carbonyl (C=O) groups excluding carboxylic acids is 2. The Balaban J connectivity index is 2.62. The first-order valence-electron chi connectivity index (χ1n) is 6.55. The second kappa shape index (κ2) is 6.80. The number of hydrogen-bond donors (Lipinski definition) is 2. The minimum atomic E-state index is -0.537. The quantitative estimate of drug-likeness (QED) is 0.497. The third-order valence-corrected chi connectivity index (χ3v) is 2.39. The molecule has 3 N–H and O–H groups in total. The number of nitrogens with one attached hydrogen (secondary N) is 1. The average Bonchev–Trinajstić information content (AvgIpc) is 2.34. The average molecular weight is 288 g/mol. The predicted molar refractivity (Wildman–Crippen MR) is 82.0 cm³/mol. The predicted octanol–water partition coefficient (Wildman–Crippen LogP) is 2.35. The van der Waals surface area contributed by atoms with Gasteiger partial charge in [0.15, 0.2) is 5.78 Å². The minimum absolute atomic E-state index is 0.108. The van der Waals surface area contributed by atoms with Crippen LogP contribution in [0.2, 0.25) is 0 Å². The number of ether oxygens (including phenoxy) is 1. The molecule has 0 aliphatic carbocycles. The van der Waals surface area contributed by atoms with Gasteiger partial charge >= 0.3 is 6.09 Å². The van der Waals surface area contributed by atoms with Crippen LogP contribution in [-0.4, -0.2) is 24.0 Å². The van der Waals surface area contributed by atoms with Crippen LogP contribution in [0.3, 0.4) is 0 Å². The highest BCUT2D eigenvalue weighted by Gasteiger charge is 2.15. The molecule has 0 spiro atoms. The van der Waals surface area contributed by atoms with Crippen molar-refractivity contribution in [1.82, 2.24) is 5.32 Å². The Bertz CT molecular complexity index is 604. The van der Waals surface area contributed by atoms with E-state index in [1.807, 2.05) is 0 Å². The van der Waals surface area contributed by atoms with Gasteiger partial charge in [-0.05, 0) is 45.9 Å². The van der Waals surface area contributed by atoms with Gasteiger partial charge in [0.25, 0.3) is 0 Å². The smallest absolute Gasteiger partial charge is 0.408 e. The number of carbonyl (C=O) groups is 2. The number of Topliss-reactive ketones (excluding diaryl/α,β-unsaturated/α-hetero) is 1. The van der Waals surface area contributed by atoms with Crippen molar-refractivity contribution in [3.05, 3.63) is 29.3 Å². The van der Waals surface area contributed by atoms with Gasteiger partial charge in [-0.15, -0.1) is 0 Å². The third kappa shape index (κ3) is 6.00. The molecule has 0 aromatic heterocycles. The van der Waals surface area contributed by atoms with Crippen LogP contribution in [0.1, 0.15) is 43.6 Å². The van der Waals surface area contributed by atoms with Crippen molar-refractivity contribution < 1.29 is 14.3 Å². The summed E-state index contributed by atoms with van der Waals surface area (Å²) in [6.07, 6.45) is -0.515. The van der Waals surface area contributed by atoms with Gasteiger partial charge in [0.2, 0.25) is 0 Å². The van der Waals surface area contributed by atoms with Crippen molar-refractivity contribution >= 4 is 17.6 Å². The molecule has 0 fully saturated rings. The lowest BCUT2D eigenvalue weighted by molar-refractivity contribution is 0.0535. The molecule has 0 bridgehead atoms. The van der Waals surface area contributed by atoms with Crippen molar-refractivity contribution in [3.8, 4) is 11.8 Å². The van der Waals surface area contributed by atoms with E-state index in [1.54, 1.807) is 39.0 Å². The summed E-state index contributed by atoms with van der Waals surface area (Å²) in [5, 5.41) is 2.53. The molecule has 0 unspecified atom stereocenters. The number of nitrogen functional groups attached to an aromatic ring is 1. The van der Waals surface area contributed by atoms with Crippen LogP contribution in [0, 0.1) is 11.8 Å². The van der Waals surface area contributed by atoms with Crippen molar-refractivity contribution in [2.45, 2.75) is 33.3 Å². The van der Waals surface area contributed by atoms with Crippen LogP contribution < -0.4 is 11.1 Å². The number of benzene rings is 1. The molecule has 1 amide bonds. The topological polar surface area (TPSA) is 81.4 Å². The maximum Gasteiger partial charge on any atom is 0.408 e. The van der Waals surface area contributed by atoms with E-state index in [2.05, 4.69) is 17.2 Å². The largest absolute Gasteiger partial charge is 0.444 e. The summed E-state index contributed by atoms with van der Waals surface area (Å²) in [4.78, 5) is 22.8. The minimum Gasteiger partial charge on any atom is -0.444 e. The highest BCUT2D eigenvalue weighted by atomic mass is 16.6. The lowest BCUT2D eigenvalue weighted by Gasteiger charge is -2.18. The van der Waals surface area contributed by atoms with Crippen LogP contribution >= 0.6 is 0 Å². The van der Waals surface area contributed by atoms with E-state index in [0.717, 1.165) is 0 Å². The van der Waals surface area contributed by atoms with Gasteiger partial charge in [-0.3, -0.25) is 4.79 Å². The van der Waals surface area contributed by atoms with Gasteiger partial charge in [-0.2, -0.15) is 0 Å². The van der Waals surface area contributed by atoms with E-state index in [9.17, 15) is 9.59 Å². The molecule has 0 heterocycles. The van der Waals surface area contributed by atoms with E-state index in [-0.39, 0.29) is 12.3 Å². The van der Waals surface area contributed by atoms with Crippen LogP contribution in [0.15, 0.2) is 18.2 Å². The maximum atomic E-state index is 11.4. The summed E-state index contributed by atoms with van der Waals surface area (Å²) in [7, 11) is 0. The molecule has 1 aromatic carbocycles. The summed E-state index contributed by atoms with van der Waals surface area (Å²) < 4.78 is 5.08. The first-order chi connectivity index (χ1) is 9.69. The fraction of sp³-hybridized carbons (Fsp3) is 0.375. The molecule has 0 saturated carbocycles. The summed E-state index contributed by atoms with van der Waals surface area (Å²) in [5.41, 5.74) is 6.71. The number of rotatable bonds is 2. The number of amides is 1. The lowest BCUT2D eigenvalue weighted by atomic mass is 10.1. The fourth-order valence-electron chi connectivity index (χ4n) is 1.52. The second-order valence-electron chi connectivity index (χ2n) is 5.52. The number of anilines is 1. The highest BCUT2D eigenvalue weighted by molar-refractivity contribution is 5.99. The maximum absolute atomic E-state index is 11.4. The molecule has 5 nitrogen and oxygen atoms in total. The van der Waals surface area contributed by atoms with Crippen LogP contribution in [0.5, 0.6) is 0 Å². The summed E-state index contributed by atoms with van der Waals surface area (Å²) >= 11 is 0. The second-order valence-corrected chi connectivity index (χ2v) is 5.52. The molecule has 21 heavy (non-hydrogen) atoms. The van der Waals surface area contributed by atoms with Crippen LogP contribution in [-0.2, 0) is 4.74 Å². The Morgan fingerprint density at radius 2 is 2.00 bits per heavy atom. The van der Waals surface area contributed by atoms with Crippen molar-refractivity contribution in [2.24, 2.45) is 0 Å². The first kappa shape index (κ1) is 16.6. The molecule has 1 rings (SSSR count). The molecule has 0 aliphatic heterocycles. The van der Waals surface area contributed by atoms with Crippen LogP contribution in [0.25, 0.3) is 0 Å². The summed E-state index contributed by atoms with van der Waals surface area (Å²) in [6, 6.07) is 5.00. The van der Waals surface area contributed by atoms with Gasteiger partial charge in [-0.1, -0.05) is 11.8 Å². The van der Waals surface area contributed by atoms with Crippen molar-refractivity contribution in [2.75, 3.05) is 12.3 Å². The van der Waals surface area contributed by atoms with E-state index < -0.39 is 11.7 Å². The molecule has 0 aliphatic rings. The molecule has 0 atom stereocenters. The normalized spacial score (nSPS) is 10.3. The molecular weight excluding hydrogens is 268 g/mol. The number of hydrogen-bond acceptors (Lipinski definition) is 4. The van der Waals surface area contributed by atoms with E-state index >= 15 is 0 Å².